The number of aromatic nitrogens is 2. The van der Waals surface area contributed by atoms with Gasteiger partial charge in [-0.15, -0.1) is 0 Å². The van der Waals surface area contributed by atoms with E-state index in [9.17, 15) is 4.79 Å². The standard InChI is InChI=1S/C23H25N3O2/c1-14(2)17-6-8-18(9-7-17)22-24-23(28-25-22)19-12-21(27)26(13-19)20-10-5-15(3)11-16(20)4/h5-11,14,19H,12-13H2,1-4H3. The summed E-state index contributed by atoms with van der Waals surface area (Å²) in [5.41, 5.74) is 5.45. The van der Waals surface area contributed by atoms with Crippen LogP contribution in [-0.2, 0) is 4.79 Å². The smallest absolute Gasteiger partial charge is 0.232 e. The lowest BCUT2D eigenvalue weighted by Gasteiger charge is -2.19. The highest BCUT2D eigenvalue weighted by molar-refractivity contribution is 5.97. The largest absolute Gasteiger partial charge is 0.339 e. The van der Waals surface area contributed by atoms with E-state index in [0.29, 0.717) is 30.6 Å². The Morgan fingerprint density at radius 2 is 1.86 bits per heavy atom. The summed E-state index contributed by atoms with van der Waals surface area (Å²) in [5, 5.41) is 4.14. The minimum absolute atomic E-state index is 0.0793. The maximum atomic E-state index is 12.6. The van der Waals surface area contributed by atoms with Crippen LogP contribution >= 0.6 is 0 Å². The highest BCUT2D eigenvalue weighted by Gasteiger charge is 2.35. The molecule has 1 amide bonds. The Morgan fingerprint density at radius 3 is 2.54 bits per heavy atom. The number of nitrogens with zero attached hydrogens (tertiary/aromatic N) is 3. The van der Waals surface area contributed by atoms with Gasteiger partial charge >= 0.3 is 0 Å². The number of benzene rings is 2. The molecule has 4 rings (SSSR count). The van der Waals surface area contributed by atoms with Crippen LogP contribution in [0.25, 0.3) is 11.4 Å². The van der Waals surface area contributed by atoms with Crippen LogP contribution in [0.3, 0.4) is 0 Å². The molecule has 0 spiro atoms. The third-order valence-electron chi connectivity index (χ3n) is 5.39. The van der Waals surface area contributed by atoms with Crippen LogP contribution < -0.4 is 4.90 Å². The molecule has 0 saturated carbocycles. The molecule has 1 unspecified atom stereocenters. The Hall–Kier alpha value is -2.95. The van der Waals surface area contributed by atoms with Crippen molar-refractivity contribution >= 4 is 11.6 Å². The van der Waals surface area contributed by atoms with E-state index >= 15 is 0 Å². The first-order chi connectivity index (χ1) is 13.4. The van der Waals surface area contributed by atoms with Crippen molar-refractivity contribution < 1.29 is 9.32 Å². The second-order valence-corrected chi connectivity index (χ2v) is 7.93. The molecule has 0 radical (unpaired) electrons. The lowest BCUT2D eigenvalue weighted by molar-refractivity contribution is -0.117. The van der Waals surface area contributed by atoms with E-state index in [2.05, 4.69) is 49.1 Å². The van der Waals surface area contributed by atoms with Gasteiger partial charge in [0, 0.05) is 24.2 Å². The minimum Gasteiger partial charge on any atom is -0.339 e. The maximum Gasteiger partial charge on any atom is 0.232 e. The maximum absolute atomic E-state index is 12.6. The van der Waals surface area contributed by atoms with Crippen LogP contribution in [0.15, 0.2) is 47.0 Å². The Morgan fingerprint density at radius 1 is 1.11 bits per heavy atom. The molecule has 144 valence electrons. The zero-order chi connectivity index (χ0) is 19.8. The molecular weight excluding hydrogens is 350 g/mol. The van der Waals surface area contributed by atoms with Crippen molar-refractivity contribution in [1.82, 2.24) is 10.1 Å². The number of amides is 1. The van der Waals surface area contributed by atoms with Gasteiger partial charge in [-0.1, -0.05) is 61.0 Å². The topological polar surface area (TPSA) is 59.2 Å². The summed E-state index contributed by atoms with van der Waals surface area (Å²) in [5.74, 6) is 1.60. The molecule has 28 heavy (non-hydrogen) atoms. The van der Waals surface area contributed by atoms with Gasteiger partial charge in [-0.25, -0.2) is 0 Å². The van der Waals surface area contributed by atoms with Crippen molar-refractivity contribution in [3.63, 3.8) is 0 Å². The average Bonchev–Trinajstić information content (AvgIpc) is 3.29. The van der Waals surface area contributed by atoms with Crippen molar-refractivity contribution in [2.75, 3.05) is 11.4 Å². The fourth-order valence-electron chi connectivity index (χ4n) is 3.75. The van der Waals surface area contributed by atoms with Gasteiger partial charge in [0.05, 0.1) is 5.92 Å². The Bertz CT molecular complexity index is 1000. The third kappa shape index (κ3) is 3.44. The Kier molecular flexibility index (Phi) is 4.75. The van der Waals surface area contributed by atoms with Gasteiger partial charge in [0.1, 0.15) is 0 Å². The van der Waals surface area contributed by atoms with Crippen molar-refractivity contribution in [1.29, 1.82) is 0 Å². The molecule has 0 bridgehead atoms. The molecule has 2 aromatic carbocycles. The van der Waals surface area contributed by atoms with Crippen LogP contribution in [0, 0.1) is 13.8 Å². The predicted molar refractivity (Wildman–Crippen MR) is 109 cm³/mol. The van der Waals surface area contributed by atoms with Gasteiger partial charge < -0.3 is 9.42 Å². The number of hydrogen-bond donors (Lipinski definition) is 0. The molecule has 1 aliphatic rings. The van der Waals surface area contributed by atoms with Gasteiger partial charge in [-0.2, -0.15) is 4.98 Å². The zero-order valence-electron chi connectivity index (χ0n) is 16.8. The van der Waals surface area contributed by atoms with Crippen LogP contribution in [0.2, 0.25) is 0 Å². The first-order valence-corrected chi connectivity index (χ1v) is 9.74. The number of hydrogen-bond acceptors (Lipinski definition) is 4. The normalized spacial score (nSPS) is 17.0. The highest BCUT2D eigenvalue weighted by Crippen LogP contribution is 2.33. The SMILES string of the molecule is Cc1ccc(N2CC(c3nc(-c4ccc(C(C)C)cc4)no3)CC2=O)c(C)c1. The number of rotatable bonds is 4. The molecule has 5 heteroatoms. The van der Waals surface area contributed by atoms with Gasteiger partial charge in [0.15, 0.2) is 0 Å². The third-order valence-corrected chi connectivity index (χ3v) is 5.39. The second-order valence-electron chi connectivity index (χ2n) is 7.93. The number of carbonyl (C=O) groups excluding carboxylic acids is 1. The lowest BCUT2D eigenvalue weighted by Crippen LogP contribution is -2.25. The van der Waals surface area contributed by atoms with Crippen molar-refractivity contribution in [3.05, 3.63) is 65.0 Å². The van der Waals surface area contributed by atoms with E-state index in [1.165, 1.54) is 11.1 Å². The summed E-state index contributed by atoms with van der Waals surface area (Å²) < 4.78 is 5.52. The van der Waals surface area contributed by atoms with Crippen LogP contribution in [0.1, 0.15) is 54.7 Å². The first kappa shape index (κ1) is 18.4. The predicted octanol–water partition coefficient (Wildman–Crippen LogP) is 5.00. The molecule has 5 nitrogen and oxygen atoms in total. The molecule has 1 aromatic heterocycles. The van der Waals surface area contributed by atoms with E-state index in [4.69, 9.17) is 4.52 Å². The lowest BCUT2D eigenvalue weighted by atomic mass is 10.0. The average molecular weight is 375 g/mol. The molecule has 3 aromatic rings. The molecule has 1 aliphatic heterocycles. The fourth-order valence-corrected chi connectivity index (χ4v) is 3.75. The van der Waals surface area contributed by atoms with Crippen LogP contribution in [0.4, 0.5) is 5.69 Å². The Labute approximate surface area is 165 Å². The van der Waals surface area contributed by atoms with Gasteiger partial charge in [-0.3, -0.25) is 4.79 Å². The quantitative estimate of drug-likeness (QED) is 0.644. The number of aryl methyl sites for hydroxylation is 2. The van der Waals surface area contributed by atoms with E-state index in [0.717, 1.165) is 16.8 Å². The van der Waals surface area contributed by atoms with Crippen LogP contribution in [0.5, 0.6) is 0 Å². The van der Waals surface area contributed by atoms with E-state index in [1.807, 2.05) is 36.1 Å². The first-order valence-electron chi connectivity index (χ1n) is 9.74. The summed E-state index contributed by atoms with van der Waals surface area (Å²) in [4.78, 5) is 19.0. The van der Waals surface area contributed by atoms with Crippen molar-refractivity contribution in [2.24, 2.45) is 0 Å². The molecule has 2 heterocycles. The summed E-state index contributed by atoms with van der Waals surface area (Å²) >= 11 is 0. The summed E-state index contributed by atoms with van der Waals surface area (Å²) in [6.07, 6.45) is 0.390. The molecule has 0 N–H and O–H groups in total. The monoisotopic (exact) mass is 375 g/mol. The Balaban J connectivity index is 1.54. The van der Waals surface area contributed by atoms with E-state index in [1.54, 1.807) is 0 Å². The number of carbonyl (C=O) groups is 1. The molecule has 1 atom stereocenters. The van der Waals surface area contributed by atoms with Crippen molar-refractivity contribution in [2.45, 2.75) is 46.0 Å². The molecular formula is C23H25N3O2. The van der Waals surface area contributed by atoms with Crippen molar-refractivity contribution in [3.8, 4) is 11.4 Å². The zero-order valence-corrected chi connectivity index (χ0v) is 16.8. The van der Waals surface area contributed by atoms with E-state index < -0.39 is 0 Å². The summed E-state index contributed by atoms with van der Waals surface area (Å²) in [7, 11) is 0. The van der Waals surface area contributed by atoms with Crippen LogP contribution in [-0.4, -0.2) is 22.6 Å². The number of anilines is 1. The summed E-state index contributed by atoms with van der Waals surface area (Å²) in [6.45, 7) is 8.99. The van der Waals surface area contributed by atoms with Gasteiger partial charge in [0.2, 0.25) is 17.6 Å². The minimum atomic E-state index is -0.0793. The van der Waals surface area contributed by atoms with E-state index in [-0.39, 0.29) is 11.8 Å². The van der Waals surface area contributed by atoms with Gasteiger partial charge in [-0.05, 0) is 37.0 Å². The highest BCUT2D eigenvalue weighted by atomic mass is 16.5. The van der Waals surface area contributed by atoms with Gasteiger partial charge in [0.25, 0.3) is 0 Å². The molecule has 1 fully saturated rings. The molecule has 0 aliphatic carbocycles. The molecule has 1 saturated heterocycles. The summed E-state index contributed by atoms with van der Waals surface area (Å²) in [6, 6.07) is 14.4. The fraction of sp³-hybridized carbons (Fsp3) is 0.348. The second kappa shape index (κ2) is 7.23.